The summed E-state index contributed by atoms with van der Waals surface area (Å²) in [5.74, 6) is 1.77. The number of carbonyl (C=O) groups excluding carboxylic acids is 2. The lowest BCUT2D eigenvalue weighted by Gasteiger charge is -2.19. The Morgan fingerprint density at radius 1 is 1.14 bits per heavy atom. The SMILES string of the molecule is COc1cc2c(c(OC)c1OC)-c1ccc(NC(CCSC)C(=O)NCCn3ccnc3)c(=O)cc1C(NC(C)=O)CC2. The zero-order valence-electron chi connectivity index (χ0n) is 25.2. The molecule has 0 saturated heterocycles. The number of nitrogens with one attached hydrogen (secondary N) is 3. The smallest absolute Gasteiger partial charge is 0.242 e. The van der Waals surface area contributed by atoms with Gasteiger partial charge in [0.2, 0.25) is 23.0 Å². The predicted octanol–water partition coefficient (Wildman–Crippen LogP) is 3.41. The van der Waals surface area contributed by atoms with Gasteiger partial charge in [0.25, 0.3) is 0 Å². The van der Waals surface area contributed by atoms with Crippen molar-refractivity contribution >= 4 is 29.3 Å². The largest absolute Gasteiger partial charge is 0.493 e. The number of amides is 2. The minimum Gasteiger partial charge on any atom is -0.493 e. The van der Waals surface area contributed by atoms with Gasteiger partial charge in [-0.3, -0.25) is 14.4 Å². The predicted molar refractivity (Wildman–Crippen MR) is 168 cm³/mol. The van der Waals surface area contributed by atoms with E-state index in [1.165, 1.54) is 6.92 Å². The molecule has 1 aliphatic rings. The summed E-state index contributed by atoms with van der Waals surface area (Å²) >= 11 is 1.63. The van der Waals surface area contributed by atoms with Crippen LogP contribution in [0.4, 0.5) is 5.69 Å². The Hall–Kier alpha value is -4.19. The average Bonchev–Trinajstić information content (AvgIpc) is 3.41. The topological polar surface area (TPSA) is 133 Å². The van der Waals surface area contributed by atoms with E-state index >= 15 is 0 Å². The second-order valence-corrected chi connectivity index (χ2v) is 11.2. The molecule has 230 valence electrons. The molecule has 0 aliphatic heterocycles. The summed E-state index contributed by atoms with van der Waals surface area (Å²) < 4.78 is 19.0. The quantitative estimate of drug-likeness (QED) is 0.267. The normalized spacial score (nSPS) is 14.4. The molecule has 2 amide bonds. The molecule has 3 aromatic rings. The average molecular weight is 610 g/mol. The third kappa shape index (κ3) is 7.42. The van der Waals surface area contributed by atoms with E-state index in [4.69, 9.17) is 14.2 Å². The lowest BCUT2D eigenvalue weighted by atomic mass is 9.95. The number of anilines is 1. The number of carbonyl (C=O) groups is 2. The minimum absolute atomic E-state index is 0.193. The first-order valence-corrected chi connectivity index (χ1v) is 15.5. The summed E-state index contributed by atoms with van der Waals surface area (Å²) in [5, 5.41) is 9.20. The number of nitrogens with zero attached hydrogens (tertiary/aromatic N) is 2. The van der Waals surface area contributed by atoms with Crippen LogP contribution in [0, 0.1) is 0 Å². The van der Waals surface area contributed by atoms with Crippen LogP contribution in [0.3, 0.4) is 0 Å². The van der Waals surface area contributed by atoms with Crippen molar-refractivity contribution in [2.24, 2.45) is 0 Å². The summed E-state index contributed by atoms with van der Waals surface area (Å²) in [6.45, 7) is 2.47. The molecule has 0 bridgehead atoms. The maximum absolute atomic E-state index is 13.7. The first kappa shape index (κ1) is 31.7. The maximum atomic E-state index is 13.7. The number of aromatic nitrogens is 2. The fourth-order valence-electron chi connectivity index (χ4n) is 5.37. The third-order valence-electron chi connectivity index (χ3n) is 7.40. The summed E-state index contributed by atoms with van der Waals surface area (Å²) in [6.07, 6.45) is 8.88. The number of aryl methyl sites for hydroxylation is 1. The van der Waals surface area contributed by atoms with Crippen LogP contribution in [0.25, 0.3) is 11.1 Å². The number of benzene rings is 1. The fourth-order valence-corrected chi connectivity index (χ4v) is 5.84. The molecule has 1 heterocycles. The van der Waals surface area contributed by atoms with Gasteiger partial charge < -0.3 is 34.7 Å². The van der Waals surface area contributed by atoms with Crippen molar-refractivity contribution in [2.45, 2.75) is 44.8 Å². The van der Waals surface area contributed by atoms with E-state index in [0.717, 1.165) is 22.4 Å². The Balaban J connectivity index is 1.76. The van der Waals surface area contributed by atoms with Crippen LogP contribution in [0.5, 0.6) is 17.2 Å². The second kappa shape index (κ2) is 14.8. The van der Waals surface area contributed by atoms with Gasteiger partial charge in [-0.1, -0.05) is 6.07 Å². The number of thioether (sulfide) groups is 1. The molecule has 43 heavy (non-hydrogen) atoms. The molecule has 0 fully saturated rings. The Morgan fingerprint density at radius 2 is 1.93 bits per heavy atom. The summed E-state index contributed by atoms with van der Waals surface area (Å²) in [6, 6.07) is 5.95. The second-order valence-electron chi connectivity index (χ2n) is 10.2. The minimum atomic E-state index is -0.623. The van der Waals surface area contributed by atoms with Crippen molar-refractivity contribution in [1.82, 2.24) is 20.2 Å². The van der Waals surface area contributed by atoms with E-state index in [0.29, 0.717) is 55.2 Å². The molecule has 1 aromatic heterocycles. The van der Waals surface area contributed by atoms with Crippen LogP contribution in [0.2, 0.25) is 0 Å². The lowest BCUT2D eigenvalue weighted by Crippen LogP contribution is -2.42. The van der Waals surface area contributed by atoms with E-state index < -0.39 is 12.1 Å². The van der Waals surface area contributed by atoms with Gasteiger partial charge in [0, 0.05) is 38.0 Å². The Bertz CT molecular complexity index is 1500. The summed E-state index contributed by atoms with van der Waals surface area (Å²) in [5.41, 5.74) is 3.07. The van der Waals surface area contributed by atoms with Crippen LogP contribution in [-0.2, 0) is 22.6 Å². The zero-order chi connectivity index (χ0) is 30.9. The molecule has 11 nitrogen and oxygen atoms in total. The number of hydrogen-bond donors (Lipinski definition) is 3. The molecule has 3 N–H and O–H groups in total. The zero-order valence-corrected chi connectivity index (χ0v) is 26.0. The van der Waals surface area contributed by atoms with Gasteiger partial charge in [0.1, 0.15) is 6.04 Å². The van der Waals surface area contributed by atoms with Crippen LogP contribution in [-0.4, -0.2) is 67.3 Å². The Kier molecular flexibility index (Phi) is 10.9. The van der Waals surface area contributed by atoms with Gasteiger partial charge in [-0.25, -0.2) is 4.98 Å². The molecule has 4 rings (SSSR count). The van der Waals surface area contributed by atoms with E-state index in [-0.39, 0.29) is 22.9 Å². The molecule has 2 atom stereocenters. The van der Waals surface area contributed by atoms with Crippen molar-refractivity contribution < 1.29 is 23.8 Å². The number of methoxy groups -OCH3 is 3. The lowest BCUT2D eigenvalue weighted by molar-refractivity contribution is -0.122. The van der Waals surface area contributed by atoms with E-state index in [1.54, 1.807) is 57.7 Å². The van der Waals surface area contributed by atoms with Gasteiger partial charge in [0.05, 0.1) is 39.4 Å². The highest BCUT2D eigenvalue weighted by Gasteiger charge is 2.30. The third-order valence-corrected chi connectivity index (χ3v) is 8.05. The standard InChI is InChI=1S/C31H39N5O6S/c1-19(37)34-23-8-6-20-16-27(40-2)29(41-3)30(42-4)28(20)21-7-9-24(26(38)17-22(21)23)35-25(10-15-43-5)31(39)33-12-14-36-13-11-32-18-36/h7,9,11,13,16-18,23,25H,6,8,10,12,14-15H2,1-5H3,(H,33,39)(H,34,37)(H,35,38). The van der Waals surface area contributed by atoms with Gasteiger partial charge in [0.15, 0.2) is 11.5 Å². The highest BCUT2D eigenvalue weighted by molar-refractivity contribution is 7.98. The number of imidazole rings is 1. The van der Waals surface area contributed by atoms with Crippen molar-refractivity contribution in [3.8, 4) is 28.4 Å². The summed E-state index contributed by atoms with van der Waals surface area (Å²) in [4.78, 5) is 43.2. The van der Waals surface area contributed by atoms with Crippen molar-refractivity contribution in [3.63, 3.8) is 0 Å². The molecule has 1 aliphatic carbocycles. The van der Waals surface area contributed by atoms with E-state index in [9.17, 15) is 14.4 Å². The van der Waals surface area contributed by atoms with Gasteiger partial charge in [-0.05, 0) is 66.2 Å². The van der Waals surface area contributed by atoms with E-state index in [2.05, 4.69) is 20.9 Å². The monoisotopic (exact) mass is 609 g/mol. The molecule has 12 heteroatoms. The molecule has 2 unspecified atom stereocenters. The van der Waals surface area contributed by atoms with Gasteiger partial charge in [-0.15, -0.1) is 0 Å². The van der Waals surface area contributed by atoms with Crippen LogP contribution in [0.1, 0.15) is 36.9 Å². The van der Waals surface area contributed by atoms with Crippen LogP contribution < -0.4 is 35.6 Å². The van der Waals surface area contributed by atoms with Crippen LogP contribution >= 0.6 is 11.8 Å². The molecule has 2 aromatic carbocycles. The summed E-state index contributed by atoms with van der Waals surface area (Å²) in [7, 11) is 4.67. The molecule has 0 radical (unpaired) electrons. The molecular formula is C31H39N5O6S. The van der Waals surface area contributed by atoms with Gasteiger partial charge in [-0.2, -0.15) is 11.8 Å². The molecule has 0 spiro atoms. The van der Waals surface area contributed by atoms with Crippen molar-refractivity contribution in [1.29, 1.82) is 0 Å². The van der Waals surface area contributed by atoms with Crippen molar-refractivity contribution in [2.75, 3.05) is 45.2 Å². The highest BCUT2D eigenvalue weighted by atomic mass is 32.2. The van der Waals surface area contributed by atoms with E-state index in [1.807, 2.05) is 29.2 Å². The molecule has 0 saturated carbocycles. The van der Waals surface area contributed by atoms with Crippen LogP contribution in [0.15, 0.2) is 47.8 Å². The fraction of sp³-hybridized carbons (Fsp3) is 0.419. The Morgan fingerprint density at radius 3 is 2.58 bits per heavy atom. The molecular weight excluding hydrogens is 570 g/mol. The number of hydrogen-bond acceptors (Lipinski definition) is 9. The maximum Gasteiger partial charge on any atom is 0.242 e. The highest BCUT2D eigenvalue weighted by Crippen LogP contribution is 2.50. The number of rotatable bonds is 13. The van der Waals surface area contributed by atoms with Crippen molar-refractivity contribution in [3.05, 3.63) is 64.3 Å². The number of ether oxygens (including phenoxy) is 3. The first-order valence-electron chi connectivity index (χ1n) is 14.1. The van der Waals surface area contributed by atoms with Gasteiger partial charge >= 0.3 is 0 Å². The number of fused-ring (bicyclic) bond motifs is 3. The Labute approximate surface area is 255 Å². The first-order chi connectivity index (χ1) is 20.8.